The summed E-state index contributed by atoms with van der Waals surface area (Å²) in [5.41, 5.74) is 0.190. The van der Waals surface area contributed by atoms with Gasteiger partial charge in [-0.15, -0.1) is 0 Å². The molecule has 0 radical (unpaired) electrons. The van der Waals surface area contributed by atoms with E-state index in [2.05, 4.69) is 39.8 Å². The summed E-state index contributed by atoms with van der Waals surface area (Å²) in [5, 5.41) is 0. The normalized spacial score (nSPS) is 41.0. The monoisotopic (exact) mass is 223 g/mol. The molecule has 2 heteroatoms. The smallest absolute Gasteiger partial charge is 0.142 e. The van der Waals surface area contributed by atoms with Gasteiger partial charge in [0.2, 0.25) is 0 Å². The van der Waals surface area contributed by atoms with E-state index in [1.807, 2.05) is 0 Å². The van der Waals surface area contributed by atoms with Crippen LogP contribution < -0.4 is 0 Å². The zero-order valence-corrected chi connectivity index (χ0v) is 11.3. The summed E-state index contributed by atoms with van der Waals surface area (Å²) in [4.78, 5) is 14.7. The molecular weight excluding hydrogens is 198 g/mol. The molecule has 2 nitrogen and oxygen atoms in total. The van der Waals surface area contributed by atoms with Crippen molar-refractivity contribution in [3.63, 3.8) is 0 Å². The number of hydrogen-bond acceptors (Lipinski definition) is 2. The van der Waals surface area contributed by atoms with Gasteiger partial charge in [0.1, 0.15) is 5.78 Å². The molecule has 0 aromatic heterocycles. The van der Waals surface area contributed by atoms with Gasteiger partial charge in [0.15, 0.2) is 0 Å². The third-order valence-corrected chi connectivity index (χ3v) is 5.56. The Bertz CT molecular complexity index is 308. The zero-order chi connectivity index (χ0) is 12.1. The van der Waals surface area contributed by atoms with Gasteiger partial charge in [-0.1, -0.05) is 20.8 Å². The lowest BCUT2D eigenvalue weighted by atomic mass is 9.70. The molecule has 0 amide bonds. The third kappa shape index (κ3) is 1.38. The second-order valence-corrected chi connectivity index (χ2v) is 6.76. The second-order valence-electron chi connectivity index (χ2n) is 6.76. The fourth-order valence-corrected chi connectivity index (χ4v) is 4.00. The molecule has 2 bridgehead atoms. The Morgan fingerprint density at radius 3 is 2.38 bits per heavy atom. The van der Waals surface area contributed by atoms with Gasteiger partial charge in [-0.05, 0) is 51.2 Å². The molecule has 3 atom stereocenters. The predicted molar refractivity (Wildman–Crippen MR) is 66.3 cm³/mol. The Kier molecular flexibility index (Phi) is 2.69. The number of Topliss-reactive ketones (excluding diaryl/α,β-unsaturated/α-hetero) is 1. The van der Waals surface area contributed by atoms with E-state index in [9.17, 15) is 4.79 Å². The van der Waals surface area contributed by atoms with Crippen molar-refractivity contribution in [3.8, 4) is 0 Å². The highest BCUT2D eigenvalue weighted by Crippen LogP contribution is 2.66. The molecule has 0 aromatic rings. The lowest BCUT2D eigenvalue weighted by molar-refractivity contribution is -0.131. The largest absolute Gasteiger partial charge is 0.309 e. The van der Waals surface area contributed by atoms with Crippen molar-refractivity contribution >= 4 is 5.78 Å². The predicted octanol–water partition coefficient (Wildman–Crippen LogP) is 2.58. The standard InChI is InChI=1S/C14H25NO/c1-13(2)11-6-8-14(13,3)12(16)10(11)7-9-15(4)5/h10-11H,6-9H2,1-5H3. The van der Waals surface area contributed by atoms with Crippen LogP contribution in [0.25, 0.3) is 0 Å². The van der Waals surface area contributed by atoms with Crippen LogP contribution >= 0.6 is 0 Å². The summed E-state index contributed by atoms with van der Waals surface area (Å²) in [6, 6.07) is 0. The molecule has 2 aliphatic carbocycles. The number of hydrogen-bond donors (Lipinski definition) is 0. The van der Waals surface area contributed by atoms with Gasteiger partial charge in [-0.2, -0.15) is 0 Å². The van der Waals surface area contributed by atoms with E-state index in [0.29, 0.717) is 17.6 Å². The first-order chi connectivity index (χ1) is 7.30. The molecule has 0 N–H and O–H groups in total. The number of rotatable bonds is 3. The van der Waals surface area contributed by atoms with Crippen molar-refractivity contribution < 1.29 is 4.79 Å². The van der Waals surface area contributed by atoms with Crippen LogP contribution in [0, 0.1) is 22.7 Å². The SMILES string of the molecule is CN(C)CCC1C(=O)C2(C)CCC1C2(C)C. The molecule has 0 saturated heterocycles. The lowest BCUT2D eigenvalue weighted by Gasteiger charge is -2.32. The fraction of sp³-hybridized carbons (Fsp3) is 0.929. The highest BCUT2D eigenvalue weighted by atomic mass is 16.1. The summed E-state index contributed by atoms with van der Waals surface area (Å²) in [6.45, 7) is 7.85. The minimum absolute atomic E-state index is 0.0331. The molecular formula is C14H25NO. The Morgan fingerprint density at radius 2 is 1.94 bits per heavy atom. The van der Waals surface area contributed by atoms with Crippen molar-refractivity contribution in [3.05, 3.63) is 0 Å². The number of nitrogens with zero attached hydrogens (tertiary/aromatic N) is 1. The first-order valence-corrected chi connectivity index (χ1v) is 6.50. The number of ketones is 1. The van der Waals surface area contributed by atoms with E-state index in [1.165, 1.54) is 6.42 Å². The van der Waals surface area contributed by atoms with E-state index in [1.54, 1.807) is 0 Å². The van der Waals surface area contributed by atoms with E-state index >= 15 is 0 Å². The zero-order valence-electron chi connectivity index (χ0n) is 11.3. The lowest BCUT2D eigenvalue weighted by Crippen LogP contribution is -2.34. The highest BCUT2D eigenvalue weighted by Gasteiger charge is 2.65. The summed E-state index contributed by atoms with van der Waals surface area (Å²) in [5.74, 6) is 1.51. The molecule has 3 unspecified atom stereocenters. The van der Waals surface area contributed by atoms with Gasteiger partial charge in [0, 0.05) is 11.3 Å². The molecule has 2 aliphatic rings. The molecule has 0 aliphatic heterocycles. The van der Waals surface area contributed by atoms with Crippen LogP contribution in [-0.2, 0) is 4.79 Å². The van der Waals surface area contributed by atoms with Crippen LogP contribution in [-0.4, -0.2) is 31.3 Å². The molecule has 16 heavy (non-hydrogen) atoms. The van der Waals surface area contributed by atoms with E-state index < -0.39 is 0 Å². The minimum Gasteiger partial charge on any atom is -0.309 e. The Morgan fingerprint density at radius 1 is 1.31 bits per heavy atom. The number of carbonyl (C=O) groups excluding carboxylic acids is 1. The van der Waals surface area contributed by atoms with Gasteiger partial charge < -0.3 is 4.90 Å². The van der Waals surface area contributed by atoms with Crippen molar-refractivity contribution in [1.82, 2.24) is 4.90 Å². The molecule has 0 heterocycles. The first kappa shape index (κ1) is 12.1. The van der Waals surface area contributed by atoms with Crippen LogP contribution in [0.15, 0.2) is 0 Å². The fourth-order valence-electron chi connectivity index (χ4n) is 4.00. The third-order valence-electron chi connectivity index (χ3n) is 5.56. The maximum atomic E-state index is 12.5. The van der Waals surface area contributed by atoms with E-state index in [-0.39, 0.29) is 10.8 Å². The highest BCUT2D eigenvalue weighted by molar-refractivity contribution is 5.91. The van der Waals surface area contributed by atoms with Crippen molar-refractivity contribution in [2.45, 2.75) is 40.0 Å². The Labute approximate surface area is 99.4 Å². The van der Waals surface area contributed by atoms with Crippen molar-refractivity contribution in [1.29, 1.82) is 0 Å². The maximum Gasteiger partial charge on any atom is 0.142 e. The van der Waals surface area contributed by atoms with E-state index in [0.717, 1.165) is 19.4 Å². The molecule has 2 saturated carbocycles. The average Bonchev–Trinajstić information content (AvgIpc) is 2.47. The van der Waals surface area contributed by atoms with Crippen LogP contribution in [0.5, 0.6) is 0 Å². The average molecular weight is 223 g/mol. The van der Waals surface area contributed by atoms with Gasteiger partial charge in [-0.3, -0.25) is 4.79 Å². The van der Waals surface area contributed by atoms with Gasteiger partial charge in [-0.25, -0.2) is 0 Å². The molecule has 0 aromatic carbocycles. The van der Waals surface area contributed by atoms with Gasteiger partial charge in [0.25, 0.3) is 0 Å². The van der Waals surface area contributed by atoms with Crippen LogP contribution in [0.4, 0.5) is 0 Å². The summed E-state index contributed by atoms with van der Waals surface area (Å²) in [7, 11) is 4.18. The Hall–Kier alpha value is -0.370. The second kappa shape index (κ2) is 3.56. The summed E-state index contributed by atoms with van der Waals surface area (Å²) >= 11 is 0. The summed E-state index contributed by atoms with van der Waals surface area (Å²) < 4.78 is 0. The molecule has 2 fully saturated rings. The van der Waals surface area contributed by atoms with Crippen LogP contribution in [0.2, 0.25) is 0 Å². The van der Waals surface area contributed by atoms with Gasteiger partial charge >= 0.3 is 0 Å². The maximum absolute atomic E-state index is 12.5. The Balaban J connectivity index is 2.17. The van der Waals surface area contributed by atoms with Crippen molar-refractivity contribution in [2.24, 2.45) is 22.7 Å². The number of carbonyl (C=O) groups is 1. The van der Waals surface area contributed by atoms with Crippen molar-refractivity contribution in [2.75, 3.05) is 20.6 Å². The van der Waals surface area contributed by atoms with Crippen LogP contribution in [0.3, 0.4) is 0 Å². The first-order valence-electron chi connectivity index (χ1n) is 6.50. The number of fused-ring (bicyclic) bond motifs is 2. The molecule has 92 valence electrons. The minimum atomic E-state index is -0.0331. The van der Waals surface area contributed by atoms with Crippen LogP contribution in [0.1, 0.15) is 40.0 Å². The van der Waals surface area contributed by atoms with E-state index in [4.69, 9.17) is 0 Å². The molecule has 0 spiro atoms. The van der Waals surface area contributed by atoms with Gasteiger partial charge in [0.05, 0.1) is 0 Å². The topological polar surface area (TPSA) is 20.3 Å². The molecule has 2 rings (SSSR count). The quantitative estimate of drug-likeness (QED) is 0.733. The summed E-state index contributed by atoms with van der Waals surface area (Å²) in [6.07, 6.45) is 3.42.